The van der Waals surface area contributed by atoms with E-state index in [0.29, 0.717) is 6.54 Å². The van der Waals surface area contributed by atoms with Crippen LogP contribution in [0.1, 0.15) is 4.88 Å². The minimum absolute atomic E-state index is 0.00590. The molecule has 0 aliphatic rings. The van der Waals surface area contributed by atoms with E-state index in [0.717, 1.165) is 20.9 Å². The number of nitrogens with zero attached hydrogens (tertiary/aromatic N) is 1. The summed E-state index contributed by atoms with van der Waals surface area (Å²) in [6.45, 7) is 1.15. The fourth-order valence-corrected chi connectivity index (χ4v) is 3.93. The van der Waals surface area contributed by atoms with Gasteiger partial charge in [0.25, 0.3) is 0 Å². The van der Waals surface area contributed by atoms with Crippen molar-refractivity contribution >= 4 is 50.6 Å². The Hall–Kier alpha value is -0.820. The number of rotatable bonds is 6. The van der Waals surface area contributed by atoms with Crippen LogP contribution in [-0.2, 0) is 11.3 Å². The quantitative estimate of drug-likeness (QED) is 0.753. The number of halogens is 1. The molecule has 0 bridgehead atoms. The van der Waals surface area contributed by atoms with E-state index in [1.54, 1.807) is 23.1 Å². The molecule has 0 saturated carbocycles. The van der Waals surface area contributed by atoms with Crippen LogP contribution < -0.4 is 5.32 Å². The van der Waals surface area contributed by atoms with Crippen LogP contribution in [0.4, 0.5) is 5.69 Å². The van der Waals surface area contributed by atoms with Gasteiger partial charge in [-0.1, -0.05) is 6.07 Å². The van der Waals surface area contributed by atoms with Gasteiger partial charge in [0, 0.05) is 22.0 Å². The molecule has 0 aliphatic carbocycles. The van der Waals surface area contributed by atoms with Crippen LogP contribution in [0, 0.1) is 0 Å². The lowest BCUT2D eigenvalue weighted by Crippen LogP contribution is -2.29. The van der Waals surface area contributed by atoms with Crippen LogP contribution in [0.2, 0.25) is 0 Å². The largest absolute Gasteiger partial charge is 0.325 e. The molecule has 1 aromatic heterocycles. The minimum atomic E-state index is 0.00590. The van der Waals surface area contributed by atoms with E-state index in [-0.39, 0.29) is 5.91 Å². The van der Waals surface area contributed by atoms with Gasteiger partial charge in [0.05, 0.1) is 10.3 Å². The lowest BCUT2D eigenvalue weighted by molar-refractivity contribution is -0.117. The number of carbonyl (C=O) groups is 1. The van der Waals surface area contributed by atoms with E-state index in [9.17, 15) is 4.79 Å². The molecule has 1 heterocycles. The molecule has 0 unspecified atom stereocenters. The molecule has 112 valence electrons. The third kappa shape index (κ3) is 5.47. The van der Waals surface area contributed by atoms with Crippen molar-refractivity contribution < 1.29 is 4.79 Å². The van der Waals surface area contributed by atoms with Crippen LogP contribution in [0.3, 0.4) is 0 Å². The van der Waals surface area contributed by atoms with Crippen molar-refractivity contribution in [3.05, 3.63) is 45.1 Å². The Kier molecular flexibility index (Phi) is 6.29. The standard InChI is InChI=1S/C15H17BrN2OS2/c1-18(9-13-6-7-14(16)21-13)10-15(19)17-11-4-3-5-12(8-11)20-2/h3-8H,9-10H2,1-2H3,(H,17,19). The van der Waals surface area contributed by atoms with E-state index in [4.69, 9.17) is 0 Å². The van der Waals surface area contributed by atoms with E-state index in [2.05, 4.69) is 27.3 Å². The molecular formula is C15H17BrN2OS2. The highest BCUT2D eigenvalue weighted by molar-refractivity contribution is 9.11. The highest BCUT2D eigenvalue weighted by Gasteiger charge is 2.09. The Labute approximate surface area is 141 Å². The molecule has 0 aliphatic heterocycles. The molecule has 2 rings (SSSR count). The fraction of sp³-hybridized carbons (Fsp3) is 0.267. The molecule has 6 heteroatoms. The average molecular weight is 385 g/mol. The van der Waals surface area contributed by atoms with Crippen molar-refractivity contribution in [1.29, 1.82) is 0 Å². The van der Waals surface area contributed by atoms with Crippen molar-refractivity contribution in [2.45, 2.75) is 11.4 Å². The van der Waals surface area contributed by atoms with Gasteiger partial charge in [0.15, 0.2) is 0 Å². The summed E-state index contributed by atoms with van der Waals surface area (Å²) < 4.78 is 1.12. The summed E-state index contributed by atoms with van der Waals surface area (Å²) in [6, 6.07) is 12.0. The summed E-state index contributed by atoms with van der Waals surface area (Å²) >= 11 is 6.81. The first-order valence-electron chi connectivity index (χ1n) is 6.43. The zero-order valence-electron chi connectivity index (χ0n) is 11.9. The number of hydrogen-bond acceptors (Lipinski definition) is 4. The second-order valence-corrected chi connectivity index (χ2v) is 8.09. The van der Waals surface area contributed by atoms with Crippen molar-refractivity contribution in [2.24, 2.45) is 0 Å². The summed E-state index contributed by atoms with van der Waals surface area (Å²) in [5.41, 5.74) is 0.846. The van der Waals surface area contributed by atoms with Gasteiger partial charge >= 0.3 is 0 Å². The predicted octanol–water partition coefficient (Wildman–Crippen LogP) is 4.30. The first kappa shape index (κ1) is 16.5. The van der Waals surface area contributed by atoms with E-state index < -0.39 is 0 Å². The fourth-order valence-electron chi connectivity index (χ4n) is 1.91. The monoisotopic (exact) mass is 384 g/mol. The number of carbonyl (C=O) groups excluding carboxylic acids is 1. The first-order chi connectivity index (χ1) is 10.1. The van der Waals surface area contributed by atoms with E-state index in [1.165, 1.54) is 4.88 Å². The van der Waals surface area contributed by atoms with Crippen LogP contribution in [0.5, 0.6) is 0 Å². The second-order valence-electron chi connectivity index (χ2n) is 4.66. The number of benzene rings is 1. The van der Waals surface area contributed by atoms with Crippen LogP contribution in [0.15, 0.2) is 45.1 Å². The van der Waals surface area contributed by atoms with Gasteiger partial charge in [-0.3, -0.25) is 9.69 Å². The number of anilines is 1. The average Bonchev–Trinajstić information content (AvgIpc) is 2.83. The van der Waals surface area contributed by atoms with Crippen molar-refractivity contribution in [1.82, 2.24) is 4.90 Å². The number of likely N-dealkylation sites (N-methyl/N-ethyl adjacent to an activating group) is 1. The molecular weight excluding hydrogens is 368 g/mol. The number of amides is 1. The van der Waals surface area contributed by atoms with Gasteiger partial charge in [-0.15, -0.1) is 23.1 Å². The number of thioether (sulfide) groups is 1. The SMILES string of the molecule is CSc1cccc(NC(=O)CN(C)Cc2ccc(Br)s2)c1. The topological polar surface area (TPSA) is 32.3 Å². The summed E-state index contributed by atoms with van der Waals surface area (Å²) in [6.07, 6.45) is 2.02. The summed E-state index contributed by atoms with van der Waals surface area (Å²) in [5, 5.41) is 2.94. The molecule has 3 nitrogen and oxygen atoms in total. The van der Waals surface area contributed by atoms with Gasteiger partial charge in [-0.2, -0.15) is 0 Å². The molecule has 1 N–H and O–H groups in total. The van der Waals surface area contributed by atoms with Gasteiger partial charge < -0.3 is 5.32 Å². The van der Waals surface area contributed by atoms with Gasteiger partial charge in [0.2, 0.25) is 5.91 Å². The molecule has 0 saturated heterocycles. The smallest absolute Gasteiger partial charge is 0.238 e. The third-order valence-electron chi connectivity index (χ3n) is 2.82. The Bertz CT molecular complexity index is 615. The summed E-state index contributed by atoms with van der Waals surface area (Å²) in [5.74, 6) is 0.00590. The maximum atomic E-state index is 12.1. The lowest BCUT2D eigenvalue weighted by atomic mass is 10.3. The minimum Gasteiger partial charge on any atom is -0.325 e. The Morgan fingerprint density at radius 2 is 2.19 bits per heavy atom. The van der Waals surface area contributed by atoms with Gasteiger partial charge in [0.1, 0.15) is 0 Å². The summed E-state index contributed by atoms with van der Waals surface area (Å²) in [4.78, 5) is 16.4. The normalized spacial score (nSPS) is 10.9. The molecule has 2 aromatic rings. The van der Waals surface area contributed by atoms with E-state index >= 15 is 0 Å². The molecule has 0 radical (unpaired) electrons. The zero-order valence-corrected chi connectivity index (χ0v) is 15.1. The molecule has 0 fully saturated rings. The van der Waals surface area contributed by atoms with Crippen LogP contribution >= 0.6 is 39.0 Å². The van der Waals surface area contributed by atoms with Crippen molar-refractivity contribution in [3.8, 4) is 0 Å². The zero-order chi connectivity index (χ0) is 15.2. The molecule has 0 spiro atoms. The highest BCUT2D eigenvalue weighted by atomic mass is 79.9. The third-order valence-corrected chi connectivity index (χ3v) is 5.16. The Balaban J connectivity index is 1.85. The molecule has 1 amide bonds. The van der Waals surface area contributed by atoms with Crippen LogP contribution in [-0.4, -0.2) is 30.7 Å². The molecule has 21 heavy (non-hydrogen) atoms. The number of thiophene rings is 1. The lowest BCUT2D eigenvalue weighted by Gasteiger charge is -2.15. The van der Waals surface area contributed by atoms with Crippen molar-refractivity contribution in [2.75, 3.05) is 25.2 Å². The summed E-state index contributed by atoms with van der Waals surface area (Å²) in [7, 11) is 1.95. The highest BCUT2D eigenvalue weighted by Crippen LogP contribution is 2.23. The molecule has 0 atom stereocenters. The van der Waals surface area contributed by atoms with Gasteiger partial charge in [-0.05, 0) is 59.6 Å². The maximum absolute atomic E-state index is 12.1. The van der Waals surface area contributed by atoms with Crippen molar-refractivity contribution in [3.63, 3.8) is 0 Å². The second kappa shape index (κ2) is 7.98. The predicted molar refractivity (Wildman–Crippen MR) is 95.2 cm³/mol. The number of hydrogen-bond donors (Lipinski definition) is 1. The van der Waals surface area contributed by atoms with Gasteiger partial charge in [-0.25, -0.2) is 0 Å². The van der Waals surface area contributed by atoms with Crippen LogP contribution in [0.25, 0.3) is 0 Å². The van der Waals surface area contributed by atoms with E-state index in [1.807, 2.05) is 48.5 Å². The number of nitrogens with one attached hydrogen (secondary N) is 1. The Morgan fingerprint density at radius 1 is 1.38 bits per heavy atom. The maximum Gasteiger partial charge on any atom is 0.238 e. The first-order valence-corrected chi connectivity index (χ1v) is 9.27. The molecule has 1 aromatic carbocycles. The Morgan fingerprint density at radius 3 is 2.86 bits per heavy atom.